The number of ether oxygens (including phenoxy) is 1. The van der Waals surface area contributed by atoms with E-state index in [4.69, 9.17) is 4.74 Å². The van der Waals surface area contributed by atoms with Crippen molar-refractivity contribution in [3.05, 3.63) is 59.4 Å². The maximum absolute atomic E-state index is 13.2. The normalized spacial score (nSPS) is 23.4. The molecule has 4 nitrogen and oxygen atoms in total. The van der Waals surface area contributed by atoms with Crippen LogP contribution >= 0.6 is 0 Å². The van der Waals surface area contributed by atoms with Crippen molar-refractivity contribution in [2.75, 3.05) is 5.32 Å². The van der Waals surface area contributed by atoms with E-state index in [0.29, 0.717) is 36.8 Å². The quantitative estimate of drug-likeness (QED) is 0.769. The summed E-state index contributed by atoms with van der Waals surface area (Å²) in [5.74, 6) is 1.00. The summed E-state index contributed by atoms with van der Waals surface area (Å²) in [6.07, 6.45) is 5.30. The summed E-state index contributed by atoms with van der Waals surface area (Å²) < 4.78 is 19.0. The molecule has 0 aromatic heterocycles. The molecule has 0 spiro atoms. The average Bonchev–Trinajstić information content (AvgIpc) is 3.00. The minimum absolute atomic E-state index is 0.0860. The third-order valence-electron chi connectivity index (χ3n) is 5.81. The van der Waals surface area contributed by atoms with Crippen molar-refractivity contribution in [3.63, 3.8) is 0 Å². The second kappa shape index (κ2) is 8.31. The average molecular weight is 382 g/mol. The van der Waals surface area contributed by atoms with Crippen molar-refractivity contribution in [1.82, 2.24) is 5.32 Å². The van der Waals surface area contributed by atoms with E-state index in [1.165, 1.54) is 25.0 Å². The predicted octanol–water partition coefficient (Wildman–Crippen LogP) is 4.57. The number of benzene rings is 2. The molecule has 2 bridgehead atoms. The summed E-state index contributed by atoms with van der Waals surface area (Å²) in [5, 5.41) is 6.67. The van der Waals surface area contributed by atoms with E-state index in [-0.39, 0.29) is 11.7 Å². The monoisotopic (exact) mass is 382 g/mol. The Bertz CT molecular complexity index is 842. The third kappa shape index (κ3) is 4.71. The van der Waals surface area contributed by atoms with Gasteiger partial charge in [-0.3, -0.25) is 4.79 Å². The van der Waals surface area contributed by atoms with Crippen molar-refractivity contribution in [1.29, 1.82) is 0 Å². The highest BCUT2D eigenvalue weighted by atomic mass is 19.1. The molecule has 1 amide bonds. The Morgan fingerprint density at radius 1 is 1.18 bits per heavy atom. The van der Waals surface area contributed by atoms with Gasteiger partial charge in [0.1, 0.15) is 18.2 Å². The van der Waals surface area contributed by atoms with Crippen LogP contribution in [-0.2, 0) is 11.4 Å². The zero-order valence-corrected chi connectivity index (χ0v) is 16.2. The summed E-state index contributed by atoms with van der Waals surface area (Å²) in [7, 11) is 0. The van der Waals surface area contributed by atoms with Crippen molar-refractivity contribution >= 4 is 11.6 Å². The maximum atomic E-state index is 13.2. The molecule has 28 heavy (non-hydrogen) atoms. The molecule has 2 saturated heterocycles. The first-order valence-corrected chi connectivity index (χ1v) is 10.1. The van der Waals surface area contributed by atoms with Crippen LogP contribution in [0.2, 0.25) is 0 Å². The third-order valence-corrected chi connectivity index (χ3v) is 5.81. The minimum atomic E-state index is -0.267. The van der Waals surface area contributed by atoms with Crippen LogP contribution in [0.4, 0.5) is 10.1 Å². The highest BCUT2D eigenvalue weighted by Crippen LogP contribution is 2.33. The first-order valence-electron chi connectivity index (χ1n) is 10.1. The minimum Gasteiger partial charge on any atom is -0.489 e. The number of piperidine rings is 1. The number of carbonyl (C=O) groups is 1. The topological polar surface area (TPSA) is 50.4 Å². The SMILES string of the molecule is Cc1cc(OCc2cccc(F)c2)ccc1NC(=O)CC1CC2CCC(C1)N2. The van der Waals surface area contributed by atoms with Gasteiger partial charge < -0.3 is 15.4 Å². The number of fused-ring (bicyclic) bond motifs is 2. The fourth-order valence-electron chi connectivity index (χ4n) is 4.46. The maximum Gasteiger partial charge on any atom is 0.224 e. The second-order valence-electron chi connectivity index (χ2n) is 8.12. The summed E-state index contributed by atoms with van der Waals surface area (Å²) in [6, 6.07) is 13.2. The Kier molecular flexibility index (Phi) is 5.62. The number of rotatable bonds is 6. The Morgan fingerprint density at radius 3 is 2.68 bits per heavy atom. The van der Waals surface area contributed by atoms with Crippen molar-refractivity contribution < 1.29 is 13.9 Å². The van der Waals surface area contributed by atoms with Gasteiger partial charge in [0.25, 0.3) is 0 Å². The summed E-state index contributed by atoms with van der Waals surface area (Å²) in [4.78, 5) is 12.5. The van der Waals surface area contributed by atoms with Crippen LogP contribution in [0.15, 0.2) is 42.5 Å². The van der Waals surface area contributed by atoms with Gasteiger partial charge in [0.15, 0.2) is 0 Å². The fraction of sp³-hybridized carbons (Fsp3) is 0.435. The highest BCUT2D eigenvalue weighted by Gasteiger charge is 2.34. The number of hydrogen-bond donors (Lipinski definition) is 2. The van der Waals surface area contributed by atoms with E-state index < -0.39 is 0 Å². The molecule has 2 unspecified atom stereocenters. The number of halogens is 1. The van der Waals surface area contributed by atoms with Crippen molar-refractivity contribution in [2.45, 2.75) is 57.7 Å². The molecule has 2 aliphatic heterocycles. The molecule has 4 rings (SSSR count). The van der Waals surface area contributed by atoms with Crippen molar-refractivity contribution in [3.8, 4) is 5.75 Å². The van der Waals surface area contributed by atoms with Gasteiger partial charge in [0, 0.05) is 24.2 Å². The van der Waals surface area contributed by atoms with Crippen molar-refractivity contribution in [2.24, 2.45) is 5.92 Å². The van der Waals surface area contributed by atoms with Crippen LogP contribution in [0.3, 0.4) is 0 Å². The lowest BCUT2D eigenvalue weighted by molar-refractivity contribution is -0.117. The number of aryl methyl sites for hydroxylation is 1. The van der Waals surface area contributed by atoms with E-state index >= 15 is 0 Å². The van der Waals surface area contributed by atoms with Gasteiger partial charge in [-0.25, -0.2) is 4.39 Å². The van der Waals surface area contributed by atoms with Crippen LogP contribution in [0.25, 0.3) is 0 Å². The van der Waals surface area contributed by atoms with Gasteiger partial charge in [-0.15, -0.1) is 0 Å². The molecule has 2 heterocycles. The van der Waals surface area contributed by atoms with Crippen LogP contribution in [0, 0.1) is 18.7 Å². The zero-order valence-electron chi connectivity index (χ0n) is 16.2. The summed E-state index contributed by atoms with van der Waals surface area (Å²) in [5.41, 5.74) is 2.56. The molecule has 2 N–H and O–H groups in total. The lowest BCUT2D eigenvalue weighted by Crippen LogP contribution is -2.39. The van der Waals surface area contributed by atoms with E-state index in [2.05, 4.69) is 10.6 Å². The number of amides is 1. The van der Waals surface area contributed by atoms with E-state index in [0.717, 1.165) is 29.7 Å². The highest BCUT2D eigenvalue weighted by molar-refractivity contribution is 5.91. The Balaban J connectivity index is 1.30. The lowest BCUT2D eigenvalue weighted by atomic mass is 9.89. The standard InChI is InChI=1S/C23H27FN2O2/c1-15-9-21(28-14-16-3-2-4-18(24)10-16)7-8-22(15)26-23(27)13-17-11-19-5-6-20(12-17)25-19/h2-4,7-10,17,19-20,25H,5-6,11-14H2,1H3,(H,26,27). The molecule has 0 saturated carbocycles. The van der Waals surface area contributed by atoms with E-state index in [1.807, 2.05) is 31.2 Å². The Morgan fingerprint density at radius 2 is 1.96 bits per heavy atom. The second-order valence-corrected chi connectivity index (χ2v) is 8.12. The summed E-state index contributed by atoms with van der Waals surface area (Å²) >= 11 is 0. The van der Waals surface area contributed by atoms with Gasteiger partial charge in [-0.1, -0.05) is 12.1 Å². The molecular weight excluding hydrogens is 355 g/mol. The van der Waals surface area contributed by atoms with E-state index in [1.54, 1.807) is 6.07 Å². The molecule has 2 aromatic rings. The smallest absolute Gasteiger partial charge is 0.224 e. The molecule has 0 radical (unpaired) electrons. The first kappa shape index (κ1) is 18.9. The van der Waals surface area contributed by atoms with Gasteiger partial charge >= 0.3 is 0 Å². The van der Waals surface area contributed by atoms with E-state index in [9.17, 15) is 9.18 Å². The largest absolute Gasteiger partial charge is 0.489 e. The van der Waals surface area contributed by atoms with Crippen LogP contribution in [0.1, 0.15) is 43.2 Å². The van der Waals surface area contributed by atoms with Gasteiger partial charge in [0.2, 0.25) is 5.91 Å². The molecular formula is C23H27FN2O2. The Hall–Kier alpha value is -2.40. The molecule has 0 aliphatic carbocycles. The molecule has 2 aromatic carbocycles. The van der Waals surface area contributed by atoms with Crippen LogP contribution in [0.5, 0.6) is 5.75 Å². The zero-order chi connectivity index (χ0) is 19.5. The van der Waals surface area contributed by atoms with Gasteiger partial charge in [-0.05, 0) is 80.0 Å². The molecule has 2 atom stereocenters. The predicted molar refractivity (Wildman–Crippen MR) is 108 cm³/mol. The molecule has 2 fully saturated rings. The molecule has 5 heteroatoms. The van der Waals surface area contributed by atoms with Gasteiger partial charge in [0.05, 0.1) is 0 Å². The van der Waals surface area contributed by atoms with Crippen LogP contribution in [-0.4, -0.2) is 18.0 Å². The number of anilines is 1. The summed E-state index contributed by atoms with van der Waals surface area (Å²) in [6.45, 7) is 2.26. The molecule has 148 valence electrons. The number of carbonyl (C=O) groups excluding carboxylic acids is 1. The first-order chi connectivity index (χ1) is 13.5. The fourth-order valence-corrected chi connectivity index (χ4v) is 4.46. The van der Waals surface area contributed by atoms with Gasteiger partial charge in [-0.2, -0.15) is 0 Å². The Labute approximate surface area is 165 Å². The lowest BCUT2D eigenvalue weighted by Gasteiger charge is -2.28. The number of nitrogens with one attached hydrogen (secondary N) is 2. The molecule has 2 aliphatic rings. The number of hydrogen-bond acceptors (Lipinski definition) is 3. The van der Waals surface area contributed by atoms with Crippen LogP contribution < -0.4 is 15.4 Å².